The summed E-state index contributed by atoms with van der Waals surface area (Å²) in [4.78, 5) is 5.02. The van der Waals surface area contributed by atoms with Crippen LogP contribution in [0.25, 0.3) is 0 Å². The number of rotatable bonds is 3. The second-order valence-electron chi connectivity index (χ2n) is 9.14. The van der Waals surface area contributed by atoms with Crippen LogP contribution >= 0.6 is 0 Å². The summed E-state index contributed by atoms with van der Waals surface area (Å²) in [7, 11) is 3.49. The minimum Gasteiger partial charge on any atom is -0.497 e. The smallest absolute Gasteiger partial charge is 0.119 e. The van der Waals surface area contributed by atoms with Crippen molar-refractivity contribution in [1.82, 2.24) is 0 Å². The van der Waals surface area contributed by atoms with Gasteiger partial charge in [-0.3, -0.25) is 0 Å². The van der Waals surface area contributed by atoms with E-state index in [9.17, 15) is 0 Å². The van der Waals surface area contributed by atoms with Crippen molar-refractivity contribution in [2.45, 2.75) is 38.5 Å². The number of hydrogen-bond acceptors (Lipinski definition) is 6. The molecule has 6 rings (SSSR count). The molecule has 166 valence electrons. The van der Waals surface area contributed by atoms with E-state index in [1.54, 1.807) is 14.2 Å². The molecule has 0 aliphatic carbocycles. The van der Waals surface area contributed by atoms with E-state index in [4.69, 9.17) is 19.7 Å². The van der Waals surface area contributed by atoms with Crippen LogP contribution in [0, 0.1) is 0 Å². The number of benzene rings is 2. The van der Waals surface area contributed by atoms with Crippen LogP contribution in [0.15, 0.2) is 34.5 Å². The van der Waals surface area contributed by atoms with Gasteiger partial charge in [-0.1, -0.05) is 0 Å². The van der Waals surface area contributed by atoms with Gasteiger partial charge in [0.15, 0.2) is 0 Å². The Morgan fingerprint density at radius 3 is 1.53 bits per heavy atom. The van der Waals surface area contributed by atoms with Gasteiger partial charge in [0.05, 0.1) is 25.6 Å². The molecule has 4 heterocycles. The van der Waals surface area contributed by atoms with Crippen LogP contribution in [-0.4, -0.2) is 51.8 Å². The summed E-state index contributed by atoms with van der Waals surface area (Å²) in [6.45, 7) is 4.27. The molecule has 6 heteroatoms. The first-order valence-corrected chi connectivity index (χ1v) is 11.8. The molecule has 0 amide bonds. The van der Waals surface area contributed by atoms with Crippen molar-refractivity contribution in [3.05, 3.63) is 46.5 Å². The highest BCUT2D eigenvalue weighted by molar-refractivity contribution is 6.11. The molecule has 4 aliphatic heterocycles. The Morgan fingerprint density at radius 2 is 1.09 bits per heavy atom. The van der Waals surface area contributed by atoms with Crippen LogP contribution in [0.4, 0.5) is 11.4 Å². The Bertz CT molecular complexity index is 1050. The Balaban J connectivity index is 1.44. The molecule has 0 aromatic heterocycles. The van der Waals surface area contributed by atoms with Gasteiger partial charge in [0.25, 0.3) is 0 Å². The summed E-state index contributed by atoms with van der Waals surface area (Å²) >= 11 is 0. The maximum absolute atomic E-state index is 5.61. The van der Waals surface area contributed by atoms with E-state index in [0.29, 0.717) is 0 Å². The first-order valence-electron chi connectivity index (χ1n) is 11.8. The van der Waals surface area contributed by atoms with Gasteiger partial charge in [-0.05, 0) is 61.1 Å². The first-order chi connectivity index (χ1) is 15.7. The van der Waals surface area contributed by atoms with Crippen molar-refractivity contribution >= 4 is 22.8 Å². The highest BCUT2D eigenvalue weighted by atomic mass is 16.5. The van der Waals surface area contributed by atoms with E-state index < -0.39 is 0 Å². The Hall–Kier alpha value is -3.02. The number of hydrogen-bond donors (Lipinski definition) is 0. The molecule has 2 aromatic carbocycles. The van der Waals surface area contributed by atoms with Crippen LogP contribution in [0.2, 0.25) is 0 Å². The summed E-state index contributed by atoms with van der Waals surface area (Å²) in [5.41, 5.74) is 9.97. The third kappa shape index (κ3) is 3.15. The maximum atomic E-state index is 5.61. The van der Waals surface area contributed by atoms with E-state index in [-0.39, 0.29) is 0 Å². The van der Waals surface area contributed by atoms with E-state index in [2.05, 4.69) is 34.1 Å². The van der Waals surface area contributed by atoms with Crippen molar-refractivity contribution < 1.29 is 9.47 Å². The Labute approximate surface area is 189 Å². The molecular formula is C26H30N4O2. The molecule has 6 nitrogen and oxygen atoms in total. The molecule has 0 saturated heterocycles. The second kappa shape index (κ2) is 7.84. The van der Waals surface area contributed by atoms with Crippen LogP contribution in [0.1, 0.15) is 47.9 Å². The highest BCUT2D eigenvalue weighted by Crippen LogP contribution is 2.40. The minimum atomic E-state index is 0.915. The van der Waals surface area contributed by atoms with Gasteiger partial charge in [0.1, 0.15) is 11.5 Å². The minimum absolute atomic E-state index is 0.915. The van der Waals surface area contributed by atoms with Crippen LogP contribution in [0.3, 0.4) is 0 Å². The topological polar surface area (TPSA) is 49.7 Å². The van der Waals surface area contributed by atoms with Gasteiger partial charge in [-0.15, -0.1) is 0 Å². The Morgan fingerprint density at radius 1 is 0.625 bits per heavy atom. The fourth-order valence-corrected chi connectivity index (χ4v) is 5.81. The molecule has 0 atom stereocenters. The molecule has 32 heavy (non-hydrogen) atoms. The Kier molecular flexibility index (Phi) is 4.81. The lowest BCUT2D eigenvalue weighted by molar-refractivity contribution is 0.413. The second-order valence-corrected chi connectivity index (χ2v) is 9.14. The quantitative estimate of drug-likeness (QED) is 0.685. The van der Waals surface area contributed by atoms with Crippen molar-refractivity contribution in [1.29, 1.82) is 0 Å². The zero-order valence-electron chi connectivity index (χ0n) is 19.0. The number of anilines is 2. The van der Waals surface area contributed by atoms with E-state index >= 15 is 0 Å². The molecule has 0 saturated carbocycles. The molecule has 0 spiro atoms. The summed E-state index contributed by atoms with van der Waals surface area (Å²) in [6, 6.07) is 8.67. The van der Waals surface area contributed by atoms with Gasteiger partial charge < -0.3 is 19.3 Å². The zero-order chi connectivity index (χ0) is 21.7. The molecule has 0 bridgehead atoms. The maximum Gasteiger partial charge on any atom is 0.119 e. The van der Waals surface area contributed by atoms with E-state index in [1.807, 2.05) is 0 Å². The largest absolute Gasteiger partial charge is 0.497 e. The van der Waals surface area contributed by atoms with Crippen molar-refractivity contribution in [2.24, 2.45) is 10.2 Å². The lowest BCUT2D eigenvalue weighted by Gasteiger charge is -2.38. The molecular weight excluding hydrogens is 400 g/mol. The van der Waals surface area contributed by atoms with E-state index in [0.717, 1.165) is 74.8 Å². The SMILES string of the molecule is COc1cc2c3c(c1)/C(=N\N=C1/CCN4CCCc5cc(OC)cc1c54)CCN3CCC2. The predicted octanol–water partition coefficient (Wildman–Crippen LogP) is 4.21. The molecule has 4 aliphatic rings. The molecule has 0 radical (unpaired) electrons. The van der Waals surface area contributed by atoms with Gasteiger partial charge in [0, 0.05) is 61.5 Å². The van der Waals surface area contributed by atoms with Gasteiger partial charge in [-0.25, -0.2) is 0 Å². The zero-order valence-corrected chi connectivity index (χ0v) is 19.0. The van der Waals surface area contributed by atoms with Gasteiger partial charge in [0.2, 0.25) is 0 Å². The fraction of sp³-hybridized carbons (Fsp3) is 0.462. The summed E-state index contributed by atoms with van der Waals surface area (Å²) in [6.07, 6.45) is 6.43. The third-order valence-electron chi connectivity index (χ3n) is 7.33. The van der Waals surface area contributed by atoms with Gasteiger partial charge >= 0.3 is 0 Å². The van der Waals surface area contributed by atoms with Crippen LogP contribution in [0.5, 0.6) is 11.5 Å². The van der Waals surface area contributed by atoms with Crippen molar-refractivity contribution in [2.75, 3.05) is 50.2 Å². The van der Waals surface area contributed by atoms with Crippen molar-refractivity contribution in [3.63, 3.8) is 0 Å². The predicted molar refractivity (Wildman–Crippen MR) is 129 cm³/mol. The van der Waals surface area contributed by atoms with Gasteiger partial charge in [-0.2, -0.15) is 10.2 Å². The lowest BCUT2D eigenvalue weighted by atomic mass is 9.90. The normalized spacial score (nSPS) is 21.4. The number of aryl methyl sites for hydroxylation is 2. The summed E-state index contributed by atoms with van der Waals surface area (Å²) < 4.78 is 11.2. The number of methoxy groups -OCH3 is 2. The number of ether oxygens (including phenoxy) is 2. The standard InChI is InChI=1S/C26H30N4O2/c1-31-19-13-17-5-3-9-29-11-7-23(21(15-19)25(17)29)27-28-24-8-12-30-10-4-6-18-14-20(32-2)16-22(24)26(18)30/h13-16H,3-12H2,1-2H3/b27-23-,28-24+. The fourth-order valence-electron chi connectivity index (χ4n) is 5.81. The average molecular weight is 431 g/mol. The monoisotopic (exact) mass is 430 g/mol. The van der Waals surface area contributed by atoms with E-state index in [1.165, 1.54) is 46.5 Å². The lowest BCUT2D eigenvalue weighted by Crippen LogP contribution is -2.37. The summed E-state index contributed by atoms with van der Waals surface area (Å²) in [5.74, 6) is 1.83. The average Bonchev–Trinajstić information content (AvgIpc) is 2.84. The molecule has 0 fully saturated rings. The third-order valence-corrected chi connectivity index (χ3v) is 7.33. The van der Waals surface area contributed by atoms with Crippen LogP contribution in [-0.2, 0) is 12.8 Å². The molecule has 2 aromatic rings. The number of nitrogens with zero attached hydrogens (tertiary/aromatic N) is 4. The summed E-state index contributed by atoms with van der Waals surface area (Å²) in [5, 5.41) is 9.75. The highest BCUT2D eigenvalue weighted by Gasteiger charge is 2.30. The van der Waals surface area contributed by atoms with Crippen molar-refractivity contribution in [3.8, 4) is 11.5 Å². The molecule has 0 unspecified atom stereocenters. The first kappa shape index (κ1) is 19.6. The molecule has 0 N–H and O–H groups in total. The van der Waals surface area contributed by atoms with Crippen LogP contribution < -0.4 is 19.3 Å².